The van der Waals surface area contributed by atoms with Gasteiger partial charge < -0.3 is 0 Å². The van der Waals surface area contributed by atoms with E-state index in [0.29, 0.717) is 0 Å². The van der Waals surface area contributed by atoms with Crippen molar-refractivity contribution in [2.75, 3.05) is 0 Å². The Kier molecular flexibility index (Phi) is 3.55. The molecular formula is C14H16N4S. The number of hydrogen-bond acceptors (Lipinski definition) is 4. The molecule has 0 unspecified atom stereocenters. The van der Waals surface area contributed by atoms with E-state index in [0.717, 1.165) is 41.5 Å². The summed E-state index contributed by atoms with van der Waals surface area (Å²) in [7, 11) is 0. The maximum atomic E-state index is 4.58. The largest absolute Gasteiger partial charge is 0.234 e. The Bertz CT molecular complexity index is 656. The normalized spacial score (nSPS) is 11.2. The van der Waals surface area contributed by atoms with Gasteiger partial charge in [0.05, 0.1) is 0 Å². The molecule has 0 saturated carbocycles. The van der Waals surface area contributed by atoms with Crippen molar-refractivity contribution < 1.29 is 0 Å². The first-order chi connectivity index (χ1) is 9.36. The van der Waals surface area contributed by atoms with Crippen molar-refractivity contribution >= 4 is 16.3 Å². The second kappa shape index (κ2) is 5.48. The molecule has 1 aromatic carbocycles. The standard InChI is InChI=1S/C14H16N4S/c1-2-6-13-17-18-12(15-16-14(18)19-13)10-9-11-7-4-3-5-8-11/h3-5,7-8H,2,6,9-10H2,1H3. The third-order valence-corrected chi connectivity index (χ3v) is 4.00. The van der Waals surface area contributed by atoms with Gasteiger partial charge in [-0.05, 0) is 18.4 Å². The fourth-order valence-corrected chi connectivity index (χ4v) is 3.02. The van der Waals surface area contributed by atoms with E-state index in [1.54, 1.807) is 11.3 Å². The molecule has 0 saturated heterocycles. The summed E-state index contributed by atoms with van der Waals surface area (Å²) in [6.45, 7) is 2.17. The zero-order valence-corrected chi connectivity index (χ0v) is 11.7. The summed E-state index contributed by atoms with van der Waals surface area (Å²) in [6, 6.07) is 10.5. The van der Waals surface area contributed by atoms with Crippen LogP contribution in [0.15, 0.2) is 30.3 Å². The van der Waals surface area contributed by atoms with Crippen LogP contribution in [0.3, 0.4) is 0 Å². The summed E-state index contributed by atoms with van der Waals surface area (Å²) < 4.78 is 1.90. The molecule has 0 fully saturated rings. The first-order valence-electron chi connectivity index (χ1n) is 6.60. The maximum absolute atomic E-state index is 4.58. The molecular weight excluding hydrogens is 256 g/mol. The lowest BCUT2D eigenvalue weighted by Crippen LogP contribution is -1.99. The number of aryl methyl sites for hydroxylation is 3. The van der Waals surface area contributed by atoms with Gasteiger partial charge in [0.2, 0.25) is 4.96 Å². The number of hydrogen-bond donors (Lipinski definition) is 0. The minimum atomic E-state index is 0.875. The van der Waals surface area contributed by atoms with Crippen LogP contribution in [0.2, 0.25) is 0 Å². The number of nitrogens with zero attached hydrogens (tertiary/aromatic N) is 4. The molecule has 5 heteroatoms. The van der Waals surface area contributed by atoms with Gasteiger partial charge in [0.1, 0.15) is 5.01 Å². The van der Waals surface area contributed by atoms with Crippen molar-refractivity contribution in [3.05, 3.63) is 46.7 Å². The van der Waals surface area contributed by atoms with E-state index in [1.165, 1.54) is 5.56 Å². The lowest BCUT2D eigenvalue weighted by Gasteiger charge is -1.98. The van der Waals surface area contributed by atoms with Gasteiger partial charge in [-0.1, -0.05) is 48.6 Å². The van der Waals surface area contributed by atoms with E-state index in [2.05, 4.69) is 46.5 Å². The van der Waals surface area contributed by atoms with Crippen molar-refractivity contribution in [2.45, 2.75) is 32.6 Å². The van der Waals surface area contributed by atoms with Crippen LogP contribution in [0.1, 0.15) is 29.7 Å². The van der Waals surface area contributed by atoms with Gasteiger partial charge in [-0.3, -0.25) is 0 Å². The second-order valence-electron chi connectivity index (χ2n) is 4.54. The maximum Gasteiger partial charge on any atom is 0.234 e. The molecule has 4 nitrogen and oxygen atoms in total. The first-order valence-corrected chi connectivity index (χ1v) is 7.42. The molecule has 0 atom stereocenters. The average Bonchev–Trinajstić information content (AvgIpc) is 2.98. The van der Waals surface area contributed by atoms with Crippen LogP contribution < -0.4 is 0 Å². The highest BCUT2D eigenvalue weighted by molar-refractivity contribution is 7.16. The van der Waals surface area contributed by atoms with Crippen molar-refractivity contribution in [1.29, 1.82) is 0 Å². The van der Waals surface area contributed by atoms with Gasteiger partial charge in [0.25, 0.3) is 0 Å². The molecule has 2 heterocycles. The molecule has 98 valence electrons. The van der Waals surface area contributed by atoms with Crippen molar-refractivity contribution in [1.82, 2.24) is 19.8 Å². The lowest BCUT2D eigenvalue weighted by atomic mass is 10.1. The van der Waals surface area contributed by atoms with E-state index < -0.39 is 0 Å². The summed E-state index contributed by atoms with van der Waals surface area (Å²) in [5, 5.41) is 14.2. The molecule has 0 aliphatic rings. The summed E-state index contributed by atoms with van der Waals surface area (Å²) in [5.41, 5.74) is 1.32. The fraction of sp³-hybridized carbons (Fsp3) is 0.357. The SMILES string of the molecule is CCCc1nn2c(CCc3ccccc3)nnc2s1. The van der Waals surface area contributed by atoms with Gasteiger partial charge in [-0.25, -0.2) is 0 Å². The Morgan fingerprint density at radius 2 is 1.89 bits per heavy atom. The van der Waals surface area contributed by atoms with E-state index in [1.807, 2.05) is 10.6 Å². The molecule has 0 N–H and O–H groups in total. The summed E-state index contributed by atoms with van der Waals surface area (Å²) in [4.78, 5) is 0.909. The van der Waals surface area contributed by atoms with Crippen LogP contribution in [0.4, 0.5) is 0 Å². The summed E-state index contributed by atoms with van der Waals surface area (Å²) in [6.07, 6.45) is 3.98. The van der Waals surface area contributed by atoms with E-state index in [4.69, 9.17) is 0 Å². The van der Waals surface area contributed by atoms with E-state index >= 15 is 0 Å². The van der Waals surface area contributed by atoms with Gasteiger partial charge in [-0.15, -0.1) is 10.2 Å². The highest BCUT2D eigenvalue weighted by atomic mass is 32.1. The highest BCUT2D eigenvalue weighted by Crippen LogP contribution is 2.16. The topological polar surface area (TPSA) is 43.1 Å². The van der Waals surface area contributed by atoms with E-state index in [9.17, 15) is 0 Å². The second-order valence-corrected chi connectivity index (χ2v) is 5.58. The Hall–Kier alpha value is -1.75. The molecule has 3 rings (SSSR count). The van der Waals surface area contributed by atoms with Crippen LogP contribution in [0.5, 0.6) is 0 Å². The van der Waals surface area contributed by atoms with Crippen LogP contribution in [-0.4, -0.2) is 19.8 Å². The van der Waals surface area contributed by atoms with Gasteiger partial charge in [0.15, 0.2) is 5.82 Å². The predicted molar refractivity (Wildman–Crippen MR) is 76.5 cm³/mol. The zero-order chi connectivity index (χ0) is 13.1. The van der Waals surface area contributed by atoms with Crippen molar-refractivity contribution in [3.63, 3.8) is 0 Å². The average molecular weight is 272 g/mol. The molecule has 0 radical (unpaired) electrons. The zero-order valence-electron chi connectivity index (χ0n) is 10.9. The molecule has 3 aromatic rings. The Morgan fingerprint density at radius 3 is 2.68 bits per heavy atom. The number of benzene rings is 1. The Labute approximate surface area is 116 Å². The number of rotatable bonds is 5. The van der Waals surface area contributed by atoms with Crippen LogP contribution in [0, 0.1) is 0 Å². The predicted octanol–water partition coefficient (Wildman–Crippen LogP) is 2.92. The minimum absolute atomic E-state index is 0.875. The fourth-order valence-electron chi connectivity index (χ4n) is 2.07. The van der Waals surface area contributed by atoms with Crippen molar-refractivity contribution in [3.8, 4) is 0 Å². The molecule has 0 spiro atoms. The molecule has 0 bridgehead atoms. The molecule has 0 amide bonds. The molecule has 0 aliphatic heterocycles. The third kappa shape index (κ3) is 2.66. The smallest absolute Gasteiger partial charge is 0.187 e. The van der Waals surface area contributed by atoms with Crippen LogP contribution in [0.25, 0.3) is 4.96 Å². The quantitative estimate of drug-likeness (QED) is 0.717. The Morgan fingerprint density at radius 1 is 1.05 bits per heavy atom. The number of aromatic nitrogens is 4. The van der Waals surface area contributed by atoms with Gasteiger partial charge in [0, 0.05) is 12.8 Å². The minimum Gasteiger partial charge on any atom is -0.187 e. The molecule has 19 heavy (non-hydrogen) atoms. The van der Waals surface area contributed by atoms with Crippen molar-refractivity contribution in [2.24, 2.45) is 0 Å². The summed E-state index contributed by atoms with van der Waals surface area (Å²) in [5.74, 6) is 0.956. The number of fused-ring (bicyclic) bond motifs is 1. The summed E-state index contributed by atoms with van der Waals surface area (Å²) >= 11 is 1.64. The van der Waals surface area contributed by atoms with Crippen LogP contribution >= 0.6 is 11.3 Å². The monoisotopic (exact) mass is 272 g/mol. The highest BCUT2D eigenvalue weighted by Gasteiger charge is 2.10. The molecule has 0 aliphatic carbocycles. The third-order valence-electron chi connectivity index (χ3n) is 3.04. The molecule has 2 aromatic heterocycles. The van der Waals surface area contributed by atoms with Gasteiger partial charge >= 0.3 is 0 Å². The Balaban J connectivity index is 1.77. The lowest BCUT2D eigenvalue weighted by molar-refractivity contribution is 0.767. The first kappa shape index (κ1) is 12.3. The van der Waals surface area contributed by atoms with Gasteiger partial charge in [-0.2, -0.15) is 9.61 Å². The van der Waals surface area contributed by atoms with E-state index in [-0.39, 0.29) is 0 Å². The van der Waals surface area contributed by atoms with Crippen LogP contribution in [-0.2, 0) is 19.3 Å².